The molecule has 3 rings (SSSR count). The summed E-state index contributed by atoms with van der Waals surface area (Å²) >= 11 is 6.16. The molecular weight excluding hydrogens is 359 g/mol. The van der Waals surface area contributed by atoms with Crippen molar-refractivity contribution < 1.29 is 13.6 Å². The Bertz CT molecular complexity index is 580. The van der Waals surface area contributed by atoms with Gasteiger partial charge in [0, 0.05) is 44.2 Å². The van der Waals surface area contributed by atoms with E-state index in [-0.39, 0.29) is 18.3 Å². The van der Waals surface area contributed by atoms with Gasteiger partial charge in [-0.3, -0.25) is 15.0 Å². The average Bonchev–Trinajstić information content (AvgIpc) is 2.90. The van der Waals surface area contributed by atoms with Crippen LogP contribution >= 0.6 is 24.0 Å². The molecule has 2 saturated heterocycles. The third-order valence-corrected chi connectivity index (χ3v) is 4.81. The molecule has 1 aromatic rings. The number of hydrogen-bond acceptors (Lipinski definition) is 3. The second kappa shape index (κ2) is 7.95. The van der Waals surface area contributed by atoms with Gasteiger partial charge in [0.05, 0.1) is 12.6 Å². The Morgan fingerprint density at radius 2 is 1.92 bits per heavy atom. The van der Waals surface area contributed by atoms with Crippen molar-refractivity contribution in [2.45, 2.75) is 24.9 Å². The predicted molar refractivity (Wildman–Crippen MR) is 91.9 cm³/mol. The second-order valence-corrected chi connectivity index (χ2v) is 6.59. The number of benzene rings is 1. The van der Waals surface area contributed by atoms with E-state index in [0.717, 1.165) is 30.2 Å². The fraction of sp³-hybridized carbons (Fsp3) is 0.562. The van der Waals surface area contributed by atoms with Gasteiger partial charge in [0.2, 0.25) is 5.91 Å². The fourth-order valence-electron chi connectivity index (χ4n) is 3.10. The molecule has 1 N–H and O–H groups in total. The summed E-state index contributed by atoms with van der Waals surface area (Å²) < 4.78 is 26.4. The van der Waals surface area contributed by atoms with E-state index in [4.69, 9.17) is 11.6 Å². The monoisotopic (exact) mass is 379 g/mol. The van der Waals surface area contributed by atoms with E-state index in [9.17, 15) is 13.6 Å². The summed E-state index contributed by atoms with van der Waals surface area (Å²) in [5.74, 6) is -2.98. The van der Waals surface area contributed by atoms with Crippen LogP contribution in [0.5, 0.6) is 0 Å². The predicted octanol–water partition coefficient (Wildman–Crippen LogP) is 2.40. The number of amides is 1. The lowest BCUT2D eigenvalue weighted by Crippen LogP contribution is -2.52. The molecule has 1 amide bonds. The van der Waals surface area contributed by atoms with Crippen LogP contribution in [0.1, 0.15) is 12.0 Å². The van der Waals surface area contributed by atoms with Gasteiger partial charge in [0.1, 0.15) is 0 Å². The van der Waals surface area contributed by atoms with Gasteiger partial charge in [-0.25, -0.2) is 8.78 Å². The van der Waals surface area contributed by atoms with Crippen molar-refractivity contribution in [2.24, 2.45) is 0 Å². The van der Waals surface area contributed by atoms with Gasteiger partial charge in [0.25, 0.3) is 5.92 Å². The number of hydrogen-bond donors (Lipinski definition) is 1. The maximum Gasteiger partial charge on any atom is 0.262 e. The molecule has 134 valence electrons. The second-order valence-electron chi connectivity index (χ2n) is 6.19. The van der Waals surface area contributed by atoms with E-state index in [2.05, 4.69) is 10.2 Å². The van der Waals surface area contributed by atoms with Crippen LogP contribution in [0, 0.1) is 0 Å². The smallest absolute Gasteiger partial charge is 0.262 e. The zero-order valence-electron chi connectivity index (χ0n) is 13.2. The minimum Gasteiger partial charge on any atom is -0.339 e. The molecule has 8 heteroatoms. The first-order chi connectivity index (χ1) is 10.9. The van der Waals surface area contributed by atoms with Gasteiger partial charge >= 0.3 is 0 Å². The van der Waals surface area contributed by atoms with Crippen molar-refractivity contribution >= 4 is 29.9 Å². The van der Waals surface area contributed by atoms with Gasteiger partial charge in [-0.2, -0.15) is 0 Å². The molecule has 0 aromatic heterocycles. The minimum atomic E-state index is -2.77. The zero-order chi connectivity index (χ0) is 16.4. The standard InChI is InChI=1S/C16H20ClF2N3O.ClH/c17-13-4-2-1-3-12(13)10-21-5-7-22(8-6-21)15(23)14-9-16(18,19)11-20-14;/h1-4,14,20H,5-11H2;1H. The highest BCUT2D eigenvalue weighted by molar-refractivity contribution is 6.31. The normalized spacial score (nSPS) is 23.8. The minimum absolute atomic E-state index is 0. The van der Waals surface area contributed by atoms with Crippen molar-refractivity contribution in [1.29, 1.82) is 0 Å². The SMILES string of the molecule is Cl.O=C(C1CC(F)(F)CN1)N1CCN(Cc2ccccc2Cl)CC1. The summed E-state index contributed by atoms with van der Waals surface area (Å²) in [4.78, 5) is 16.2. The molecule has 2 aliphatic heterocycles. The largest absolute Gasteiger partial charge is 0.339 e. The number of halogens is 4. The zero-order valence-corrected chi connectivity index (χ0v) is 14.8. The van der Waals surface area contributed by atoms with Crippen LogP contribution in [0.3, 0.4) is 0 Å². The summed E-state index contributed by atoms with van der Waals surface area (Å²) in [6.07, 6.45) is -0.397. The van der Waals surface area contributed by atoms with Crippen LogP contribution in [-0.4, -0.2) is 60.4 Å². The Labute approximate surface area is 151 Å². The van der Waals surface area contributed by atoms with E-state index in [1.165, 1.54) is 0 Å². The Morgan fingerprint density at radius 1 is 1.25 bits per heavy atom. The summed E-state index contributed by atoms with van der Waals surface area (Å²) in [7, 11) is 0. The molecule has 24 heavy (non-hydrogen) atoms. The van der Waals surface area contributed by atoms with Crippen LogP contribution in [0.4, 0.5) is 8.78 Å². The number of rotatable bonds is 3. The van der Waals surface area contributed by atoms with Gasteiger partial charge in [0.15, 0.2) is 0 Å². The number of alkyl halides is 2. The fourth-order valence-corrected chi connectivity index (χ4v) is 3.30. The molecule has 2 fully saturated rings. The highest BCUT2D eigenvalue weighted by Crippen LogP contribution is 2.26. The lowest BCUT2D eigenvalue weighted by Gasteiger charge is -2.36. The topological polar surface area (TPSA) is 35.6 Å². The molecule has 2 aliphatic rings. The van der Waals surface area contributed by atoms with Crippen molar-refractivity contribution in [3.63, 3.8) is 0 Å². The summed E-state index contributed by atoms with van der Waals surface area (Å²) in [6, 6.07) is 6.95. The van der Waals surface area contributed by atoms with Crippen molar-refractivity contribution in [3.8, 4) is 0 Å². The number of nitrogens with zero attached hydrogens (tertiary/aromatic N) is 2. The Balaban J connectivity index is 0.00000208. The number of carbonyl (C=O) groups is 1. The molecule has 0 spiro atoms. The molecule has 0 bridgehead atoms. The quantitative estimate of drug-likeness (QED) is 0.875. The maximum absolute atomic E-state index is 13.2. The average molecular weight is 380 g/mol. The first kappa shape index (κ1) is 19.4. The maximum atomic E-state index is 13.2. The first-order valence-electron chi connectivity index (χ1n) is 7.80. The number of nitrogens with one attached hydrogen (secondary N) is 1. The van der Waals surface area contributed by atoms with Gasteiger partial charge in [-0.05, 0) is 11.6 Å². The van der Waals surface area contributed by atoms with Crippen LogP contribution in [-0.2, 0) is 11.3 Å². The van der Waals surface area contributed by atoms with Gasteiger partial charge < -0.3 is 4.90 Å². The Hall–Kier alpha value is -0.950. The molecule has 2 heterocycles. The third-order valence-electron chi connectivity index (χ3n) is 4.44. The molecule has 1 aromatic carbocycles. The molecule has 0 saturated carbocycles. The Morgan fingerprint density at radius 3 is 2.50 bits per heavy atom. The van der Waals surface area contributed by atoms with Crippen molar-refractivity contribution in [1.82, 2.24) is 15.1 Å². The molecular formula is C16H21Cl2F2N3O. The Kier molecular flexibility index (Phi) is 6.42. The molecule has 1 unspecified atom stereocenters. The number of carbonyl (C=O) groups excluding carboxylic acids is 1. The van der Waals surface area contributed by atoms with E-state index in [1.807, 2.05) is 24.3 Å². The van der Waals surface area contributed by atoms with E-state index >= 15 is 0 Å². The van der Waals surface area contributed by atoms with Gasteiger partial charge in [-0.1, -0.05) is 29.8 Å². The molecule has 0 aliphatic carbocycles. The highest BCUT2D eigenvalue weighted by atomic mass is 35.5. The molecule has 4 nitrogen and oxygen atoms in total. The van der Waals surface area contributed by atoms with Crippen LogP contribution in [0.15, 0.2) is 24.3 Å². The highest BCUT2D eigenvalue weighted by Gasteiger charge is 2.43. The number of piperazine rings is 1. The van der Waals surface area contributed by atoms with Crippen molar-refractivity contribution in [3.05, 3.63) is 34.9 Å². The molecule has 0 radical (unpaired) electrons. The van der Waals surface area contributed by atoms with E-state index in [1.54, 1.807) is 4.90 Å². The van der Waals surface area contributed by atoms with E-state index in [0.29, 0.717) is 13.1 Å². The summed E-state index contributed by atoms with van der Waals surface area (Å²) in [5.41, 5.74) is 1.06. The van der Waals surface area contributed by atoms with Crippen molar-refractivity contribution in [2.75, 3.05) is 32.7 Å². The summed E-state index contributed by atoms with van der Waals surface area (Å²) in [6.45, 7) is 2.90. The van der Waals surface area contributed by atoms with Crippen LogP contribution in [0.25, 0.3) is 0 Å². The molecule has 1 atom stereocenters. The first-order valence-corrected chi connectivity index (χ1v) is 8.18. The third kappa shape index (κ3) is 4.57. The summed E-state index contributed by atoms with van der Waals surface area (Å²) in [5, 5.41) is 3.37. The van der Waals surface area contributed by atoms with E-state index < -0.39 is 24.9 Å². The van der Waals surface area contributed by atoms with Crippen LogP contribution in [0.2, 0.25) is 5.02 Å². The lowest BCUT2D eigenvalue weighted by atomic mass is 10.1. The van der Waals surface area contributed by atoms with Crippen LogP contribution < -0.4 is 5.32 Å². The van der Waals surface area contributed by atoms with Gasteiger partial charge in [-0.15, -0.1) is 12.4 Å². The lowest BCUT2D eigenvalue weighted by molar-refractivity contribution is -0.135.